The van der Waals surface area contributed by atoms with Gasteiger partial charge in [-0.15, -0.1) is 0 Å². The third-order valence-electron chi connectivity index (χ3n) is 3.99. The van der Waals surface area contributed by atoms with Crippen LogP contribution in [0.15, 0.2) is 18.2 Å². The second-order valence-electron chi connectivity index (χ2n) is 6.49. The maximum absolute atomic E-state index is 12.3. The van der Waals surface area contributed by atoms with E-state index in [4.69, 9.17) is 0 Å². The number of imide groups is 2. The molecular formula is C18H23N3O4. The van der Waals surface area contributed by atoms with Crippen molar-refractivity contribution >= 4 is 29.4 Å². The zero-order valence-electron chi connectivity index (χ0n) is 15.0. The fourth-order valence-corrected chi connectivity index (χ4v) is 2.74. The normalized spacial score (nSPS) is 14.7. The fraction of sp³-hybridized carbons (Fsp3) is 0.444. The Morgan fingerprint density at radius 2 is 1.76 bits per heavy atom. The van der Waals surface area contributed by atoms with Gasteiger partial charge in [-0.05, 0) is 30.4 Å². The molecule has 7 heteroatoms. The summed E-state index contributed by atoms with van der Waals surface area (Å²) in [5.41, 5.74) is 2.54. The van der Waals surface area contributed by atoms with Crippen LogP contribution in [-0.2, 0) is 20.8 Å². The molecule has 2 rings (SSSR count). The van der Waals surface area contributed by atoms with Crippen LogP contribution in [0.1, 0.15) is 31.9 Å². The van der Waals surface area contributed by atoms with E-state index in [1.165, 1.54) is 0 Å². The van der Waals surface area contributed by atoms with Gasteiger partial charge in [0.05, 0.1) is 0 Å². The fourth-order valence-electron chi connectivity index (χ4n) is 2.74. The van der Waals surface area contributed by atoms with Gasteiger partial charge in [-0.3, -0.25) is 19.3 Å². The highest BCUT2D eigenvalue weighted by Crippen LogP contribution is 2.21. The van der Waals surface area contributed by atoms with Crippen molar-refractivity contribution in [3.8, 4) is 0 Å². The summed E-state index contributed by atoms with van der Waals surface area (Å²) < 4.78 is 0. The van der Waals surface area contributed by atoms with Gasteiger partial charge in [0.1, 0.15) is 6.54 Å². The van der Waals surface area contributed by atoms with Crippen molar-refractivity contribution in [3.63, 3.8) is 0 Å². The van der Waals surface area contributed by atoms with Gasteiger partial charge in [-0.1, -0.05) is 39.0 Å². The molecule has 1 aromatic rings. The molecule has 1 saturated heterocycles. The number of nitrogens with zero attached hydrogens (tertiary/aromatic N) is 2. The van der Waals surface area contributed by atoms with Gasteiger partial charge in [-0.25, -0.2) is 9.69 Å². The molecule has 0 bridgehead atoms. The van der Waals surface area contributed by atoms with Crippen molar-refractivity contribution in [2.45, 2.75) is 34.1 Å². The van der Waals surface area contributed by atoms with E-state index in [-0.39, 0.29) is 12.5 Å². The molecule has 0 spiro atoms. The highest BCUT2D eigenvalue weighted by Gasteiger charge is 2.45. The molecule has 1 aliphatic rings. The van der Waals surface area contributed by atoms with Gasteiger partial charge in [0.2, 0.25) is 5.91 Å². The number of carbonyl (C=O) groups is 4. The molecule has 1 aliphatic heterocycles. The molecule has 0 atom stereocenters. The van der Waals surface area contributed by atoms with Crippen molar-refractivity contribution in [1.82, 2.24) is 9.80 Å². The number of urea groups is 1. The molecule has 5 amide bonds. The molecule has 1 heterocycles. The van der Waals surface area contributed by atoms with Crippen LogP contribution in [0.25, 0.3) is 0 Å². The van der Waals surface area contributed by atoms with Gasteiger partial charge in [-0.2, -0.15) is 0 Å². The summed E-state index contributed by atoms with van der Waals surface area (Å²) in [7, 11) is 0. The lowest BCUT2D eigenvalue weighted by Crippen LogP contribution is -2.39. The zero-order valence-corrected chi connectivity index (χ0v) is 15.0. The molecule has 0 aromatic heterocycles. The summed E-state index contributed by atoms with van der Waals surface area (Å²) >= 11 is 0. The Labute approximate surface area is 147 Å². The summed E-state index contributed by atoms with van der Waals surface area (Å²) in [5, 5.41) is 2.75. The number of amides is 5. The molecule has 0 saturated carbocycles. The summed E-state index contributed by atoms with van der Waals surface area (Å²) in [4.78, 5) is 50.1. The lowest BCUT2D eigenvalue weighted by molar-refractivity contribution is -0.143. The summed E-state index contributed by atoms with van der Waals surface area (Å²) in [6.07, 6.45) is 0.736. The number of nitrogens with one attached hydrogen (secondary N) is 1. The van der Waals surface area contributed by atoms with Crippen LogP contribution < -0.4 is 5.32 Å². The number of aryl methyl sites for hydroxylation is 2. The molecule has 1 fully saturated rings. The summed E-state index contributed by atoms with van der Waals surface area (Å²) in [6.45, 7) is 7.19. The van der Waals surface area contributed by atoms with Gasteiger partial charge in [0.25, 0.3) is 0 Å². The number of hydrogen-bond acceptors (Lipinski definition) is 4. The third-order valence-corrected chi connectivity index (χ3v) is 3.99. The first kappa shape index (κ1) is 18.6. The van der Waals surface area contributed by atoms with E-state index in [1.54, 1.807) is 0 Å². The maximum atomic E-state index is 12.3. The zero-order chi connectivity index (χ0) is 18.7. The first-order valence-electron chi connectivity index (χ1n) is 8.31. The van der Waals surface area contributed by atoms with Crippen LogP contribution in [0, 0.1) is 12.8 Å². The SMILES string of the molecule is CCc1cccc(C)c1NC(=O)CN1C(=O)C(=O)N(CC(C)C)C1=O. The summed E-state index contributed by atoms with van der Waals surface area (Å²) in [6, 6.07) is 4.94. The first-order chi connectivity index (χ1) is 11.8. The Hall–Kier alpha value is -2.70. The molecule has 1 N–H and O–H groups in total. The van der Waals surface area contributed by atoms with Crippen LogP contribution in [0.2, 0.25) is 0 Å². The van der Waals surface area contributed by atoms with Crippen molar-refractivity contribution in [2.24, 2.45) is 5.92 Å². The lowest BCUT2D eigenvalue weighted by atomic mass is 10.1. The van der Waals surface area contributed by atoms with Crippen LogP contribution in [0.5, 0.6) is 0 Å². The second-order valence-corrected chi connectivity index (χ2v) is 6.49. The minimum Gasteiger partial charge on any atom is -0.324 e. The largest absolute Gasteiger partial charge is 0.334 e. The number of carbonyl (C=O) groups excluding carboxylic acids is 4. The van der Waals surface area contributed by atoms with E-state index in [1.807, 2.05) is 45.9 Å². The van der Waals surface area contributed by atoms with Crippen LogP contribution in [0.3, 0.4) is 0 Å². The maximum Gasteiger partial charge on any atom is 0.334 e. The molecule has 0 unspecified atom stereocenters. The van der Waals surface area contributed by atoms with E-state index in [9.17, 15) is 19.2 Å². The molecule has 25 heavy (non-hydrogen) atoms. The number of benzene rings is 1. The Bertz CT molecular complexity index is 727. The number of para-hydroxylation sites is 1. The molecule has 134 valence electrons. The lowest BCUT2D eigenvalue weighted by Gasteiger charge is -2.18. The number of rotatable bonds is 6. The third kappa shape index (κ3) is 3.87. The second kappa shape index (κ2) is 7.46. The van der Waals surface area contributed by atoms with Gasteiger partial charge in [0, 0.05) is 12.2 Å². The highest BCUT2D eigenvalue weighted by molar-refractivity contribution is 6.45. The predicted molar refractivity (Wildman–Crippen MR) is 92.8 cm³/mol. The van der Waals surface area contributed by atoms with Crippen molar-refractivity contribution in [3.05, 3.63) is 29.3 Å². The first-order valence-corrected chi connectivity index (χ1v) is 8.31. The van der Waals surface area contributed by atoms with E-state index in [0.717, 1.165) is 22.4 Å². The van der Waals surface area contributed by atoms with Crippen molar-refractivity contribution in [1.29, 1.82) is 0 Å². The Kier molecular flexibility index (Phi) is 5.56. The topological polar surface area (TPSA) is 86.8 Å². The Morgan fingerprint density at radius 3 is 2.36 bits per heavy atom. The van der Waals surface area contributed by atoms with Crippen LogP contribution in [0.4, 0.5) is 10.5 Å². The van der Waals surface area contributed by atoms with Crippen LogP contribution in [-0.4, -0.2) is 46.6 Å². The monoisotopic (exact) mass is 345 g/mol. The minimum absolute atomic E-state index is 0.0357. The molecule has 7 nitrogen and oxygen atoms in total. The quantitative estimate of drug-likeness (QED) is 0.630. The smallest absolute Gasteiger partial charge is 0.324 e. The van der Waals surface area contributed by atoms with E-state index >= 15 is 0 Å². The minimum atomic E-state index is -0.957. The van der Waals surface area contributed by atoms with E-state index in [2.05, 4.69) is 5.32 Å². The van der Waals surface area contributed by atoms with Gasteiger partial charge in [0.15, 0.2) is 0 Å². The molecular weight excluding hydrogens is 322 g/mol. The average molecular weight is 345 g/mol. The van der Waals surface area contributed by atoms with Gasteiger partial charge >= 0.3 is 17.8 Å². The number of anilines is 1. The van der Waals surface area contributed by atoms with E-state index < -0.39 is 30.3 Å². The Morgan fingerprint density at radius 1 is 1.12 bits per heavy atom. The van der Waals surface area contributed by atoms with Crippen molar-refractivity contribution < 1.29 is 19.2 Å². The molecule has 0 aliphatic carbocycles. The van der Waals surface area contributed by atoms with Gasteiger partial charge < -0.3 is 5.32 Å². The number of hydrogen-bond donors (Lipinski definition) is 1. The average Bonchev–Trinajstić information content (AvgIpc) is 2.74. The standard InChI is InChI=1S/C18H23N3O4/c1-5-13-8-6-7-12(4)15(13)19-14(22)10-21-17(24)16(23)20(18(21)25)9-11(2)3/h6-8,11H,5,9-10H2,1-4H3,(H,19,22). The molecule has 0 radical (unpaired) electrons. The molecule has 1 aromatic carbocycles. The summed E-state index contributed by atoms with van der Waals surface area (Å²) in [5.74, 6) is -2.31. The van der Waals surface area contributed by atoms with E-state index in [0.29, 0.717) is 10.6 Å². The van der Waals surface area contributed by atoms with Crippen LogP contribution >= 0.6 is 0 Å². The Balaban J connectivity index is 2.12. The van der Waals surface area contributed by atoms with Crippen molar-refractivity contribution in [2.75, 3.05) is 18.4 Å². The predicted octanol–water partition coefficient (Wildman–Crippen LogP) is 1.94. The highest BCUT2D eigenvalue weighted by atomic mass is 16.2.